The number of hydrogen-bond acceptors (Lipinski definition) is 2. The Hall–Kier alpha value is 1.65. The van der Waals surface area contributed by atoms with Crippen molar-refractivity contribution in [2.75, 3.05) is 5.75 Å². The Bertz CT molecular complexity index is 246. The molecule has 111 valence electrons. The van der Waals surface area contributed by atoms with Gasteiger partial charge in [-0.25, -0.2) is 0 Å². The minimum absolute atomic E-state index is 0. The van der Waals surface area contributed by atoms with Crippen molar-refractivity contribution < 1.29 is 35.4 Å². The summed E-state index contributed by atoms with van der Waals surface area (Å²) >= 11 is 0. The van der Waals surface area contributed by atoms with Crippen LogP contribution in [0.25, 0.3) is 0 Å². The third-order valence-corrected chi connectivity index (χ3v) is 3.56. The molecule has 0 saturated carbocycles. The average molecular weight is 382 g/mol. The van der Waals surface area contributed by atoms with Gasteiger partial charge in [0.05, 0.1) is 5.75 Å². The molecule has 0 aliphatic rings. The van der Waals surface area contributed by atoms with Crippen molar-refractivity contribution in [1.29, 1.82) is 0 Å². The molecule has 0 amide bonds. The van der Waals surface area contributed by atoms with E-state index >= 15 is 0 Å². The molecule has 0 aliphatic heterocycles. The summed E-state index contributed by atoms with van der Waals surface area (Å²) in [6.07, 6.45) is 11.7. The van der Waals surface area contributed by atoms with Crippen molar-refractivity contribution in [2.45, 2.75) is 71.1 Å². The summed E-state index contributed by atoms with van der Waals surface area (Å²) in [5.74, 6) is -0.0799. The van der Waals surface area contributed by atoms with E-state index in [4.69, 9.17) is 4.55 Å². The van der Waals surface area contributed by atoms with Gasteiger partial charge in [0.2, 0.25) is 0 Å². The third kappa shape index (κ3) is 22.8. The van der Waals surface area contributed by atoms with E-state index in [1.165, 1.54) is 44.9 Å². The third-order valence-electron chi connectivity index (χ3n) is 2.76. The van der Waals surface area contributed by atoms with Crippen LogP contribution in [0.2, 0.25) is 0 Å². The summed E-state index contributed by atoms with van der Waals surface area (Å²) in [4.78, 5) is 0. The van der Waals surface area contributed by atoms with Crippen LogP contribution < -0.4 is 0 Å². The summed E-state index contributed by atoms with van der Waals surface area (Å²) in [5.41, 5.74) is 0. The van der Waals surface area contributed by atoms with Crippen LogP contribution in [0.3, 0.4) is 0 Å². The normalized spacial score (nSPS) is 10.6. The molecule has 0 bridgehead atoms. The van der Waals surface area contributed by atoms with Crippen LogP contribution in [-0.2, 0) is 32.5 Å². The second kappa shape index (κ2) is 16.7. The summed E-state index contributed by atoms with van der Waals surface area (Å²) in [5, 5.41) is 0. The zero-order valence-corrected chi connectivity index (χ0v) is 13.1. The van der Waals surface area contributed by atoms with E-state index in [0.717, 1.165) is 12.8 Å². The van der Waals surface area contributed by atoms with Gasteiger partial charge < -0.3 is 0 Å². The van der Waals surface area contributed by atoms with Gasteiger partial charge in [0.15, 0.2) is 0 Å². The molecule has 3 nitrogen and oxygen atoms in total. The number of hydrogen-bond donors (Lipinski definition) is 1. The van der Waals surface area contributed by atoms with Gasteiger partial charge in [0, 0.05) is 22.4 Å². The summed E-state index contributed by atoms with van der Waals surface area (Å²) < 4.78 is 29.4. The first kappa shape index (κ1) is 24.7. The number of unbranched alkanes of at least 4 members (excludes halogenated alkanes) is 9. The van der Waals surface area contributed by atoms with Crippen molar-refractivity contribution in [3.63, 3.8) is 0 Å². The Morgan fingerprint density at radius 1 is 0.778 bits per heavy atom. The average Bonchev–Trinajstić information content (AvgIpc) is 2.19. The topological polar surface area (TPSA) is 54.4 Å². The van der Waals surface area contributed by atoms with Gasteiger partial charge >= 0.3 is 29.6 Å². The SMILES string of the molecule is CCCCCCCCCCCCS(=O)(=O)O.[Ag].[NaH]. The Kier molecular flexibility index (Phi) is 22.9. The maximum atomic E-state index is 10.4. The van der Waals surface area contributed by atoms with Crippen LogP contribution in [0, 0.1) is 0 Å². The van der Waals surface area contributed by atoms with E-state index in [-0.39, 0.29) is 57.7 Å². The van der Waals surface area contributed by atoms with Crippen LogP contribution in [0.1, 0.15) is 71.1 Å². The summed E-state index contributed by atoms with van der Waals surface area (Å²) in [6.45, 7) is 2.22. The zero-order chi connectivity index (χ0) is 12.3. The van der Waals surface area contributed by atoms with Crippen molar-refractivity contribution >= 4 is 39.7 Å². The Morgan fingerprint density at radius 2 is 1.11 bits per heavy atom. The van der Waals surface area contributed by atoms with Crippen molar-refractivity contribution in [3.8, 4) is 0 Å². The molecule has 0 rings (SSSR count). The van der Waals surface area contributed by atoms with Crippen molar-refractivity contribution in [2.24, 2.45) is 0 Å². The van der Waals surface area contributed by atoms with E-state index < -0.39 is 10.1 Å². The van der Waals surface area contributed by atoms with Gasteiger partial charge in [-0.2, -0.15) is 8.42 Å². The molecule has 0 aromatic heterocycles. The zero-order valence-electron chi connectivity index (χ0n) is 10.8. The molecule has 1 N–H and O–H groups in total. The van der Waals surface area contributed by atoms with Gasteiger partial charge in [0.1, 0.15) is 0 Å². The van der Waals surface area contributed by atoms with Crippen LogP contribution in [-0.4, -0.2) is 48.3 Å². The van der Waals surface area contributed by atoms with Gasteiger partial charge in [-0.1, -0.05) is 64.7 Å². The molecular formula is C12H27AgNaO3S. The van der Waals surface area contributed by atoms with Crippen LogP contribution in [0.4, 0.5) is 0 Å². The van der Waals surface area contributed by atoms with E-state index in [2.05, 4.69) is 6.92 Å². The van der Waals surface area contributed by atoms with Crippen molar-refractivity contribution in [3.05, 3.63) is 0 Å². The Morgan fingerprint density at radius 3 is 1.44 bits per heavy atom. The van der Waals surface area contributed by atoms with E-state index in [0.29, 0.717) is 6.42 Å². The van der Waals surface area contributed by atoms with Gasteiger partial charge in [-0.15, -0.1) is 0 Å². The van der Waals surface area contributed by atoms with Crippen LogP contribution in [0.15, 0.2) is 0 Å². The van der Waals surface area contributed by atoms with Crippen molar-refractivity contribution in [1.82, 2.24) is 0 Å². The molecule has 0 saturated heterocycles. The Labute approximate surface area is 150 Å². The first-order chi connectivity index (χ1) is 7.56. The standard InChI is InChI=1S/C12H26O3S.Ag.Na.H/c1-2-3-4-5-6-7-8-9-10-11-12-16(13,14)15;;;/h2-12H2,1H3,(H,13,14,15);;;. The monoisotopic (exact) mass is 381 g/mol. The van der Waals surface area contributed by atoms with Crippen LogP contribution >= 0.6 is 0 Å². The molecule has 0 spiro atoms. The minimum atomic E-state index is -3.73. The maximum absolute atomic E-state index is 10.4. The molecule has 0 aromatic rings. The van der Waals surface area contributed by atoms with Crippen LogP contribution in [0.5, 0.6) is 0 Å². The molecule has 0 aliphatic carbocycles. The molecular weight excluding hydrogens is 355 g/mol. The van der Waals surface area contributed by atoms with Gasteiger partial charge in [0.25, 0.3) is 10.1 Å². The van der Waals surface area contributed by atoms with E-state index in [9.17, 15) is 8.42 Å². The predicted molar refractivity (Wildman–Crippen MR) is 75.4 cm³/mol. The second-order valence-corrected chi connectivity index (χ2v) is 6.04. The fourth-order valence-electron chi connectivity index (χ4n) is 1.77. The van der Waals surface area contributed by atoms with Gasteiger partial charge in [-0.3, -0.25) is 4.55 Å². The van der Waals surface area contributed by atoms with E-state index in [1.807, 2.05) is 0 Å². The number of rotatable bonds is 11. The molecule has 6 heteroatoms. The summed E-state index contributed by atoms with van der Waals surface area (Å²) in [6, 6.07) is 0. The summed E-state index contributed by atoms with van der Waals surface area (Å²) in [7, 11) is -3.73. The molecule has 0 unspecified atom stereocenters. The fourth-order valence-corrected chi connectivity index (χ4v) is 2.34. The molecule has 0 fully saturated rings. The molecule has 0 atom stereocenters. The predicted octanol–water partition coefficient (Wildman–Crippen LogP) is 3.14. The first-order valence-corrected chi connectivity index (χ1v) is 8.12. The molecule has 1 radical (unpaired) electrons. The molecule has 0 heterocycles. The molecule has 0 aromatic carbocycles. The fraction of sp³-hybridized carbons (Fsp3) is 1.00. The first-order valence-electron chi connectivity index (χ1n) is 6.51. The molecule has 18 heavy (non-hydrogen) atoms. The van der Waals surface area contributed by atoms with E-state index in [1.54, 1.807) is 0 Å². The Balaban J connectivity index is -0.00000112. The quantitative estimate of drug-likeness (QED) is 0.339. The van der Waals surface area contributed by atoms with Gasteiger partial charge in [-0.05, 0) is 6.42 Å². The second-order valence-electron chi connectivity index (χ2n) is 4.47.